The number of nitrogens with one attached hydrogen (secondary N) is 4. The number of anilines is 4. The smallest absolute Gasteiger partial charge is 0.258 e. The van der Waals surface area contributed by atoms with Crippen LogP contribution in [0.1, 0.15) is 88.2 Å². The third-order valence-electron chi connectivity index (χ3n) is 10.1. The van der Waals surface area contributed by atoms with Gasteiger partial charge in [0.2, 0.25) is 12.1 Å². The van der Waals surface area contributed by atoms with Gasteiger partial charge in [-0.15, -0.1) is 34.8 Å². The van der Waals surface area contributed by atoms with Gasteiger partial charge in [0.1, 0.15) is 11.5 Å². The molecule has 360 valence electrons. The van der Waals surface area contributed by atoms with Crippen molar-refractivity contribution >= 4 is 127 Å². The third-order valence-corrected chi connectivity index (χ3v) is 11.4. The number of rotatable bonds is 19. The fraction of sp³-hybridized carbons (Fsp3) is 0.250. The minimum absolute atomic E-state index is 0.0384. The van der Waals surface area contributed by atoms with E-state index in [-0.39, 0.29) is 54.7 Å². The molecule has 0 spiro atoms. The molecule has 0 aromatic heterocycles. The molecule has 0 fully saturated rings. The molecule has 69 heavy (non-hydrogen) atoms. The number of Topliss-reactive ketones (excluding diaryl/α,β-unsaturated/α-hetero) is 2. The molecular formula is C48H45Cl5N8O8. The Morgan fingerprint density at radius 3 is 1.28 bits per heavy atom. The van der Waals surface area contributed by atoms with Crippen LogP contribution in [-0.4, -0.2) is 61.5 Å². The molecule has 4 amide bonds. The first-order valence-corrected chi connectivity index (χ1v) is 22.9. The van der Waals surface area contributed by atoms with E-state index in [1.165, 1.54) is 68.8 Å². The molecule has 0 radical (unpaired) electrons. The van der Waals surface area contributed by atoms with Crippen LogP contribution in [0.5, 0.6) is 11.5 Å². The lowest BCUT2D eigenvalue weighted by Gasteiger charge is -2.17. The first kappa shape index (κ1) is 53.5. The number of hydrogen-bond donors (Lipinski definition) is 4. The van der Waals surface area contributed by atoms with Crippen molar-refractivity contribution in [1.29, 1.82) is 0 Å². The average Bonchev–Trinajstić information content (AvgIpc) is 3.29. The predicted molar refractivity (Wildman–Crippen MR) is 269 cm³/mol. The number of azo groups is 2. The highest BCUT2D eigenvalue weighted by atomic mass is 35.5. The first-order valence-electron chi connectivity index (χ1n) is 20.8. The van der Waals surface area contributed by atoms with E-state index in [4.69, 9.17) is 67.5 Å². The van der Waals surface area contributed by atoms with Crippen LogP contribution in [0.15, 0.2) is 111 Å². The summed E-state index contributed by atoms with van der Waals surface area (Å²) in [7, 11) is 2.97. The Hall–Kier alpha value is -6.43. The van der Waals surface area contributed by atoms with Crippen molar-refractivity contribution in [2.24, 2.45) is 20.5 Å². The van der Waals surface area contributed by atoms with Gasteiger partial charge < -0.3 is 30.7 Å². The number of carbonyl (C=O) groups is 6. The monoisotopic (exact) mass is 1040 g/mol. The Bertz CT molecular complexity index is 2860. The summed E-state index contributed by atoms with van der Waals surface area (Å²) >= 11 is 31.7. The number of carbonyl (C=O) groups excluding carboxylic acids is 6. The van der Waals surface area contributed by atoms with Gasteiger partial charge in [0.25, 0.3) is 23.6 Å². The number of halogens is 5. The van der Waals surface area contributed by atoms with Crippen LogP contribution in [0.25, 0.3) is 0 Å². The number of benzene rings is 5. The van der Waals surface area contributed by atoms with Crippen LogP contribution >= 0.6 is 58.0 Å². The summed E-state index contributed by atoms with van der Waals surface area (Å²) in [6.07, 6.45) is 0. The number of methoxy groups -OCH3 is 2. The number of ketones is 2. The van der Waals surface area contributed by atoms with Crippen molar-refractivity contribution in [2.75, 3.05) is 35.5 Å². The van der Waals surface area contributed by atoms with Crippen LogP contribution in [0.4, 0.5) is 34.1 Å². The molecule has 0 aliphatic carbocycles. The fourth-order valence-electron chi connectivity index (χ4n) is 6.51. The quantitative estimate of drug-likeness (QED) is 0.0353. The third kappa shape index (κ3) is 14.1. The normalized spacial score (nSPS) is 13.4. The molecule has 5 aromatic carbocycles. The van der Waals surface area contributed by atoms with Gasteiger partial charge in [-0.25, -0.2) is 0 Å². The number of hydrogen-bond acceptors (Lipinski definition) is 12. The molecule has 5 aromatic rings. The summed E-state index contributed by atoms with van der Waals surface area (Å²) in [4.78, 5) is 78.9. The highest BCUT2D eigenvalue weighted by Crippen LogP contribution is 2.35. The van der Waals surface area contributed by atoms with E-state index < -0.39 is 52.7 Å². The minimum atomic E-state index is -1.62. The zero-order valence-corrected chi connectivity index (χ0v) is 41.8. The molecule has 0 saturated carbocycles. The molecule has 5 atom stereocenters. The zero-order valence-electron chi connectivity index (χ0n) is 38.0. The molecular weight excluding hydrogens is 994 g/mol. The molecule has 21 heteroatoms. The predicted octanol–water partition coefficient (Wildman–Crippen LogP) is 12.8. The Balaban J connectivity index is 1.27. The summed E-state index contributed by atoms with van der Waals surface area (Å²) in [5, 5.41) is 25.7. The van der Waals surface area contributed by atoms with E-state index >= 15 is 0 Å². The van der Waals surface area contributed by atoms with Crippen LogP contribution in [-0.2, 0) is 19.2 Å². The zero-order chi connectivity index (χ0) is 50.7. The van der Waals surface area contributed by atoms with Crippen molar-refractivity contribution < 1.29 is 38.2 Å². The number of nitrogens with zero attached hydrogens (tertiary/aromatic N) is 4. The molecule has 0 saturated heterocycles. The second-order valence-corrected chi connectivity index (χ2v) is 18.0. The summed E-state index contributed by atoms with van der Waals surface area (Å²) < 4.78 is 10.8. The second-order valence-electron chi connectivity index (χ2n) is 15.2. The van der Waals surface area contributed by atoms with Crippen molar-refractivity contribution in [3.63, 3.8) is 0 Å². The SMILES string of the molecule is COc1cc(NC(=O)c2cc(N=NC(C(C)=O)C(=O)Nc3ccc(NC(=O)C(N=Nc4ccc(Cl)c(C(=O)Nc5ccc(C(C)Cl)c(OC)c5)c4)C(C)=O)c(C(C)Cl)c3)ccc2Cl)ccc1C(C)Cl. The Labute approximate surface area is 422 Å². The lowest BCUT2D eigenvalue weighted by molar-refractivity contribution is -0.127. The molecule has 5 unspecified atom stereocenters. The summed E-state index contributed by atoms with van der Waals surface area (Å²) in [5.74, 6) is -3.19. The summed E-state index contributed by atoms with van der Waals surface area (Å²) in [6, 6.07) is 19.6. The van der Waals surface area contributed by atoms with Gasteiger partial charge in [0.05, 0.1) is 62.9 Å². The number of alkyl halides is 3. The fourth-order valence-corrected chi connectivity index (χ4v) is 7.46. The summed E-state index contributed by atoms with van der Waals surface area (Å²) in [5.41, 5.74) is 3.31. The lowest BCUT2D eigenvalue weighted by Crippen LogP contribution is -2.32. The minimum Gasteiger partial charge on any atom is -0.496 e. The van der Waals surface area contributed by atoms with Gasteiger partial charge in [0.15, 0.2) is 11.6 Å². The van der Waals surface area contributed by atoms with Gasteiger partial charge in [-0.2, -0.15) is 20.5 Å². The van der Waals surface area contributed by atoms with E-state index in [0.29, 0.717) is 28.4 Å². The average molecular weight is 1040 g/mol. The van der Waals surface area contributed by atoms with E-state index in [1.54, 1.807) is 57.2 Å². The van der Waals surface area contributed by atoms with Gasteiger partial charge in [-0.05, 0) is 107 Å². The van der Waals surface area contributed by atoms with Gasteiger partial charge in [0, 0.05) is 46.0 Å². The van der Waals surface area contributed by atoms with E-state index in [9.17, 15) is 28.8 Å². The van der Waals surface area contributed by atoms with E-state index in [2.05, 4.69) is 41.7 Å². The summed E-state index contributed by atoms with van der Waals surface area (Å²) in [6.45, 7) is 7.51. The Morgan fingerprint density at radius 2 is 0.884 bits per heavy atom. The second kappa shape index (κ2) is 24.2. The largest absolute Gasteiger partial charge is 0.496 e. The van der Waals surface area contributed by atoms with Crippen LogP contribution in [0, 0.1) is 0 Å². The maximum atomic E-state index is 13.5. The van der Waals surface area contributed by atoms with Crippen LogP contribution in [0.2, 0.25) is 10.0 Å². The van der Waals surface area contributed by atoms with Crippen molar-refractivity contribution in [1.82, 2.24) is 0 Å². The highest BCUT2D eigenvalue weighted by Gasteiger charge is 2.27. The lowest BCUT2D eigenvalue weighted by atomic mass is 10.1. The number of amides is 4. The maximum absolute atomic E-state index is 13.5. The molecule has 0 heterocycles. The van der Waals surface area contributed by atoms with Crippen LogP contribution in [0.3, 0.4) is 0 Å². The number of ether oxygens (including phenoxy) is 2. The van der Waals surface area contributed by atoms with Gasteiger partial charge in [-0.3, -0.25) is 28.8 Å². The molecule has 0 bridgehead atoms. The Morgan fingerprint density at radius 1 is 0.493 bits per heavy atom. The van der Waals surface area contributed by atoms with Crippen LogP contribution < -0.4 is 30.7 Å². The van der Waals surface area contributed by atoms with Crippen molar-refractivity contribution in [3.8, 4) is 11.5 Å². The molecule has 4 N–H and O–H groups in total. The van der Waals surface area contributed by atoms with Gasteiger partial charge in [-0.1, -0.05) is 35.3 Å². The molecule has 0 aliphatic heterocycles. The van der Waals surface area contributed by atoms with E-state index in [1.807, 2.05) is 0 Å². The van der Waals surface area contributed by atoms with Crippen molar-refractivity contribution in [3.05, 3.63) is 129 Å². The molecule has 0 aliphatic rings. The topological polar surface area (TPSA) is 218 Å². The van der Waals surface area contributed by atoms with E-state index in [0.717, 1.165) is 25.0 Å². The molecule has 16 nitrogen and oxygen atoms in total. The maximum Gasteiger partial charge on any atom is 0.258 e. The van der Waals surface area contributed by atoms with Gasteiger partial charge >= 0.3 is 0 Å². The van der Waals surface area contributed by atoms with Crippen molar-refractivity contribution in [2.45, 2.75) is 62.8 Å². The Kier molecular flexibility index (Phi) is 18.8. The molecule has 5 rings (SSSR count). The standard InChI is InChI=1S/C48H45Cl5N8O8/c1-23(49)33-13-8-29(21-41(33)68-6)54-45(64)36-19-31(10-15-38(36)52)58-60-43(26(4)62)47(66)56-28-12-17-40(35(18-28)25(3)51)57-48(67)44(27(5)63)61-59-32-11-16-39(53)37(20-32)46(65)55-30-9-14-34(24(2)50)42(22-30)69-7/h8-25,43-44H,1-7H3,(H,54,64)(H,55,65)(H,56,66)(H,57,67). The first-order chi connectivity index (χ1) is 32.7. The highest BCUT2D eigenvalue weighted by molar-refractivity contribution is 6.35.